The van der Waals surface area contributed by atoms with E-state index in [2.05, 4.69) is 17.1 Å². The fourth-order valence-corrected chi connectivity index (χ4v) is 5.26. The smallest absolute Gasteiger partial charge is 0.311 e. The van der Waals surface area contributed by atoms with Gasteiger partial charge in [-0.25, -0.2) is 0 Å². The summed E-state index contributed by atoms with van der Waals surface area (Å²) < 4.78 is 1.90. The number of hydrogen-bond acceptors (Lipinski definition) is 6. The van der Waals surface area contributed by atoms with Crippen LogP contribution in [0.5, 0.6) is 0 Å². The van der Waals surface area contributed by atoms with Crippen LogP contribution >= 0.6 is 11.8 Å². The maximum Gasteiger partial charge on any atom is 0.311 e. The lowest BCUT2D eigenvalue weighted by molar-refractivity contribution is 0.188. The van der Waals surface area contributed by atoms with E-state index in [4.69, 9.17) is 5.10 Å². The highest BCUT2D eigenvalue weighted by atomic mass is 32.2. The second-order valence-corrected chi connectivity index (χ2v) is 10.2. The fourth-order valence-electron chi connectivity index (χ4n) is 4.48. The molecule has 0 saturated carbocycles. The summed E-state index contributed by atoms with van der Waals surface area (Å²) in [7, 11) is 0. The van der Waals surface area contributed by atoms with Gasteiger partial charge < -0.3 is 10.0 Å². The highest BCUT2D eigenvalue weighted by molar-refractivity contribution is 8.18. The summed E-state index contributed by atoms with van der Waals surface area (Å²) in [6.07, 6.45) is 4.29. The predicted molar refractivity (Wildman–Crippen MR) is 135 cm³/mol. The van der Waals surface area contributed by atoms with Crippen LogP contribution in [0.4, 0.5) is 4.79 Å². The molecule has 1 atom stereocenters. The zero-order valence-corrected chi connectivity index (χ0v) is 19.9. The molecular weight excluding hydrogens is 446 g/mol. The third kappa shape index (κ3) is 4.37. The Bertz CT molecular complexity index is 1380. The number of carbonyl (C=O) groups is 1. The van der Waals surface area contributed by atoms with E-state index in [0.29, 0.717) is 31.9 Å². The number of β-amino-alcohol motifs (C(OH)–C–C–N with tert-alkyl or cyclic N) is 1. The molecule has 5 rings (SSSR count). The zero-order chi connectivity index (χ0) is 23.9. The molecule has 0 spiro atoms. The Balaban J connectivity index is 1.42. The van der Waals surface area contributed by atoms with E-state index in [1.807, 2.05) is 72.1 Å². The first-order chi connectivity index (χ1) is 16.3. The summed E-state index contributed by atoms with van der Waals surface area (Å²) in [5.41, 5.74) is 3.33. The molecule has 1 amide bonds. The Kier molecular flexibility index (Phi) is 5.76. The summed E-state index contributed by atoms with van der Waals surface area (Å²) in [6, 6.07) is 16.4. The average molecular weight is 472 g/mol. The number of aliphatic imine (C=N–C) groups is 1. The Hall–Kier alpha value is -3.41. The molecule has 0 radical (unpaired) electrons. The lowest BCUT2D eigenvalue weighted by atomic mass is 9.83. The standard InChI is InChI=1S/C26H25N5O2S/c1-26(2,16-27)21-6-4-3-5-18(21)13-31-14-19-11-17(7-8-22(19)29-31)12-23-24(28-25(33)34-23)30-10-9-20(32)15-30/h3-8,11-12,14,20,32H,9-10,13,15H2,1-2H3/b23-12-. The van der Waals surface area contributed by atoms with E-state index < -0.39 is 5.41 Å². The number of likely N-dealkylation sites (tertiary alicyclic amines) is 1. The van der Waals surface area contributed by atoms with Crippen LogP contribution in [0, 0.1) is 11.3 Å². The van der Waals surface area contributed by atoms with Crippen LogP contribution in [-0.2, 0) is 12.0 Å². The largest absolute Gasteiger partial charge is 0.391 e. The Morgan fingerprint density at radius 3 is 2.88 bits per heavy atom. The maximum atomic E-state index is 12.0. The number of aliphatic hydroxyl groups excluding tert-OH is 1. The minimum Gasteiger partial charge on any atom is -0.391 e. The Labute approximate surface area is 202 Å². The van der Waals surface area contributed by atoms with Crippen LogP contribution in [0.15, 0.2) is 58.6 Å². The topological polar surface area (TPSA) is 94.5 Å². The second kappa shape index (κ2) is 8.75. The average Bonchev–Trinajstić information content (AvgIpc) is 3.51. The van der Waals surface area contributed by atoms with Gasteiger partial charge in [-0.15, -0.1) is 0 Å². The van der Waals surface area contributed by atoms with E-state index in [1.54, 1.807) is 0 Å². The van der Waals surface area contributed by atoms with E-state index in [-0.39, 0.29) is 11.3 Å². The number of benzene rings is 2. The molecule has 1 aromatic heterocycles. The van der Waals surface area contributed by atoms with Crippen molar-refractivity contribution in [2.24, 2.45) is 4.99 Å². The van der Waals surface area contributed by atoms with Crippen LogP contribution in [0.1, 0.15) is 37.0 Å². The molecule has 3 heterocycles. The molecule has 1 saturated heterocycles. The number of nitriles is 1. The number of amidine groups is 1. The number of fused-ring (bicyclic) bond motifs is 1. The molecule has 34 heavy (non-hydrogen) atoms. The van der Waals surface area contributed by atoms with Crippen LogP contribution in [0.25, 0.3) is 17.0 Å². The van der Waals surface area contributed by atoms with Gasteiger partial charge in [0.1, 0.15) is 5.84 Å². The van der Waals surface area contributed by atoms with Crippen LogP contribution < -0.4 is 0 Å². The first-order valence-corrected chi connectivity index (χ1v) is 12.1. The van der Waals surface area contributed by atoms with Crippen molar-refractivity contribution in [1.82, 2.24) is 14.7 Å². The van der Waals surface area contributed by atoms with Gasteiger partial charge in [0, 0.05) is 24.7 Å². The van der Waals surface area contributed by atoms with Gasteiger partial charge in [0.2, 0.25) is 0 Å². The second-order valence-electron chi connectivity index (χ2n) is 9.24. The molecule has 3 aromatic rings. The molecular formula is C26H25N5O2S. The maximum absolute atomic E-state index is 12.0. The van der Waals surface area contributed by atoms with E-state index in [0.717, 1.165) is 44.3 Å². The lowest BCUT2D eigenvalue weighted by Gasteiger charge is -2.20. The quantitative estimate of drug-likeness (QED) is 0.600. The Morgan fingerprint density at radius 1 is 1.29 bits per heavy atom. The molecule has 2 aliphatic heterocycles. The predicted octanol–water partition coefficient (Wildman–Crippen LogP) is 4.56. The number of hydrogen-bond donors (Lipinski definition) is 1. The summed E-state index contributed by atoms with van der Waals surface area (Å²) in [5.74, 6) is 0.652. The molecule has 8 heteroatoms. The van der Waals surface area contributed by atoms with Crippen molar-refractivity contribution in [3.05, 3.63) is 70.3 Å². The minimum atomic E-state index is -0.580. The van der Waals surface area contributed by atoms with E-state index in [9.17, 15) is 15.2 Å². The summed E-state index contributed by atoms with van der Waals surface area (Å²) >= 11 is 1.12. The molecule has 1 N–H and O–H groups in total. The minimum absolute atomic E-state index is 0.226. The van der Waals surface area contributed by atoms with Gasteiger partial charge in [-0.3, -0.25) is 9.48 Å². The van der Waals surface area contributed by atoms with Crippen LogP contribution in [0.3, 0.4) is 0 Å². The van der Waals surface area contributed by atoms with Gasteiger partial charge in [0.25, 0.3) is 0 Å². The van der Waals surface area contributed by atoms with Crippen molar-refractivity contribution in [1.29, 1.82) is 5.26 Å². The fraction of sp³-hybridized carbons (Fsp3) is 0.308. The molecule has 7 nitrogen and oxygen atoms in total. The van der Waals surface area contributed by atoms with E-state index in [1.165, 1.54) is 0 Å². The van der Waals surface area contributed by atoms with Crippen molar-refractivity contribution < 1.29 is 9.90 Å². The molecule has 2 aliphatic rings. The summed E-state index contributed by atoms with van der Waals surface area (Å²) in [5, 5.41) is 25.0. The van der Waals surface area contributed by atoms with Gasteiger partial charge in [-0.05, 0) is 66.9 Å². The molecule has 1 fully saturated rings. The highest BCUT2D eigenvalue weighted by Crippen LogP contribution is 2.33. The molecule has 172 valence electrons. The van der Waals surface area contributed by atoms with Gasteiger partial charge in [-0.1, -0.05) is 30.3 Å². The number of aromatic nitrogens is 2. The SMILES string of the molecule is CC(C)(C#N)c1ccccc1Cn1cc2cc(/C=C3\SC(=O)N=C3N3CCC(O)C3)ccc2n1. The van der Waals surface area contributed by atoms with Gasteiger partial charge >= 0.3 is 5.24 Å². The number of thioether (sulfide) groups is 1. The van der Waals surface area contributed by atoms with Gasteiger partial charge in [0.15, 0.2) is 0 Å². The van der Waals surface area contributed by atoms with Crippen molar-refractivity contribution >= 4 is 39.8 Å². The normalized spacial score (nSPS) is 19.8. The molecule has 2 aromatic carbocycles. The van der Waals surface area contributed by atoms with Crippen LogP contribution in [0.2, 0.25) is 0 Å². The molecule has 1 unspecified atom stereocenters. The lowest BCUT2D eigenvalue weighted by Crippen LogP contribution is -2.29. The van der Waals surface area contributed by atoms with E-state index >= 15 is 0 Å². The third-order valence-electron chi connectivity index (χ3n) is 6.25. The highest BCUT2D eigenvalue weighted by Gasteiger charge is 2.31. The molecule has 0 bridgehead atoms. The number of aliphatic hydroxyl groups is 1. The monoisotopic (exact) mass is 471 g/mol. The first kappa shape index (κ1) is 22.4. The summed E-state index contributed by atoms with van der Waals surface area (Å²) in [6.45, 7) is 5.63. The van der Waals surface area contributed by atoms with Crippen molar-refractivity contribution in [3.63, 3.8) is 0 Å². The number of nitrogens with zero attached hydrogens (tertiary/aromatic N) is 5. The number of rotatable bonds is 4. The third-order valence-corrected chi connectivity index (χ3v) is 7.04. The first-order valence-electron chi connectivity index (χ1n) is 11.2. The van der Waals surface area contributed by atoms with Crippen molar-refractivity contribution in [2.75, 3.05) is 13.1 Å². The number of carbonyl (C=O) groups excluding carboxylic acids is 1. The Morgan fingerprint density at radius 2 is 2.12 bits per heavy atom. The van der Waals surface area contributed by atoms with Gasteiger partial charge in [0.05, 0.1) is 34.6 Å². The van der Waals surface area contributed by atoms with Crippen molar-refractivity contribution in [3.8, 4) is 6.07 Å². The molecule has 0 aliphatic carbocycles. The van der Waals surface area contributed by atoms with Crippen molar-refractivity contribution in [2.45, 2.75) is 38.3 Å². The van der Waals surface area contributed by atoms with Crippen LogP contribution in [-0.4, -0.2) is 50.1 Å². The zero-order valence-electron chi connectivity index (χ0n) is 19.1. The summed E-state index contributed by atoms with van der Waals surface area (Å²) in [4.78, 5) is 19.0. The van der Waals surface area contributed by atoms with Gasteiger partial charge in [-0.2, -0.15) is 15.4 Å². The number of amides is 1.